The maximum atomic E-state index is 13.3. The lowest BCUT2D eigenvalue weighted by atomic mass is 9.79. The fourth-order valence-electron chi connectivity index (χ4n) is 5.72. The maximum Gasteiger partial charge on any atom is 0.270 e. The van der Waals surface area contributed by atoms with Gasteiger partial charge < -0.3 is 10.6 Å². The molecular formula is C34H54F2N2O. The predicted octanol–water partition coefficient (Wildman–Crippen LogP) is 9.88. The summed E-state index contributed by atoms with van der Waals surface area (Å²) < 4.78 is 26.7. The van der Waals surface area contributed by atoms with Crippen molar-refractivity contribution in [3.63, 3.8) is 0 Å². The number of alkyl halides is 2. The Morgan fingerprint density at radius 3 is 2.15 bits per heavy atom. The summed E-state index contributed by atoms with van der Waals surface area (Å²) in [4.78, 5) is 12.0. The van der Waals surface area contributed by atoms with Crippen molar-refractivity contribution in [2.24, 2.45) is 29.6 Å². The first-order valence-corrected chi connectivity index (χ1v) is 15.0. The zero-order valence-corrected chi connectivity index (χ0v) is 25.7. The number of amides is 1. The summed E-state index contributed by atoms with van der Waals surface area (Å²) in [5.41, 5.74) is 2.70. The van der Waals surface area contributed by atoms with Crippen molar-refractivity contribution in [1.82, 2.24) is 5.32 Å². The molecule has 0 saturated heterocycles. The van der Waals surface area contributed by atoms with Gasteiger partial charge in [0.1, 0.15) is 0 Å². The summed E-state index contributed by atoms with van der Waals surface area (Å²) in [5.74, 6) is 0.355. The molecular weight excluding hydrogens is 490 g/mol. The fourth-order valence-corrected chi connectivity index (χ4v) is 5.72. The van der Waals surface area contributed by atoms with Crippen LogP contribution in [0.2, 0.25) is 0 Å². The highest BCUT2D eigenvalue weighted by molar-refractivity contribution is 5.92. The zero-order valence-electron chi connectivity index (χ0n) is 25.7. The van der Waals surface area contributed by atoms with E-state index < -0.39 is 5.92 Å². The Labute approximate surface area is 237 Å². The van der Waals surface area contributed by atoms with Crippen molar-refractivity contribution in [2.45, 2.75) is 99.8 Å². The minimum Gasteiger partial charge on any atom is -0.380 e. The first-order valence-electron chi connectivity index (χ1n) is 15.0. The van der Waals surface area contributed by atoms with Gasteiger partial charge >= 0.3 is 0 Å². The molecule has 2 saturated carbocycles. The molecule has 0 aromatic heterocycles. The number of rotatable bonds is 10. The molecule has 2 fully saturated rings. The first kappa shape index (κ1) is 34.6. The van der Waals surface area contributed by atoms with Gasteiger partial charge in [-0.1, -0.05) is 97.2 Å². The third-order valence-electron chi connectivity index (χ3n) is 7.99. The Balaban J connectivity index is 0.000000428. The van der Waals surface area contributed by atoms with Gasteiger partial charge in [-0.15, -0.1) is 0 Å². The second kappa shape index (κ2) is 17.3. The van der Waals surface area contributed by atoms with E-state index in [4.69, 9.17) is 0 Å². The SMILES string of the molecule is C/C=C\C(=C/C)C1CCC(C)CC1.C=C(NCC(=O)Nc1cccc(C(C)(F)F)c1)C1C(CC)C1CC.CC. The number of anilines is 1. The molecule has 0 radical (unpaired) electrons. The molecule has 220 valence electrons. The van der Waals surface area contributed by atoms with Crippen molar-refractivity contribution < 1.29 is 13.6 Å². The third kappa shape index (κ3) is 11.3. The lowest BCUT2D eigenvalue weighted by molar-refractivity contribution is -0.115. The number of allylic oxidation sites excluding steroid dienone is 5. The lowest BCUT2D eigenvalue weighted by Crippen LogP contribution is -2.28. The predicted molar refractivity (Wildman–Crippen MR) is 164 cm³/mol. The van der Waals surface area contributed by atoms with Gasteiger partial charge in [-0.3, -0.25) is 4.79 Å². The molecule has 1 aromatic rings. The lowest BCUT2D eigenvalue weighted by Gasteiger charge is -2.27. The smallest absolute Gasteiger partial charge is 0.270 e. The fraction of sp³-hybridized carbons (Fsp3) is 0.618. The van der Waals surface area contributed by atoms with E-state index in [2.05, 4.69) is 70.1 Å². The number of benzene rings is 1. The van der Waals surface area contributed by atoms with Crippen molar-refractivity contribution in [3.05, 3.63) is 65.9 Å². The topological polar surface area (TPSA) is 41.1 Å². The van der Waals surface area contributed by atoms with Crippen LogP contribution in [0.5, 0.6) is 0 Å². The van der Waals surface area contributed by atoms with Crippen LogP contribution in [0.1, 0.15) is 99.5 Å². The molecule has 0 aliphatic heterocycles. The minimum absolute atomic E-state index is 0.0922. The molecule has 2 atom stereocenters. The molecule has 0 heterocycles. The standard InChI is InChI=1S/C19H26F2N2O.C13H22.C2H6/c1-5-15-16(6-2)18(15)12(3)22-11-17(24)23-14-9-7-8-13(10-14)19(4,20)21;1-4-6-12(5-2)13-9-7-11(3)8-10-13;1-2/h7-10,15-16,18,22H,3,5-6,11H2,1-2,4H3,(H,23,24);4-6,11,13H,7-10H2,1-3H3;1-2H3/b;6-4-,12-5+;. The minimum atomic E-state index is -2.93. The third-order valence-corrected chi connectivity index (χ3v) is 7.99. The maximum absolute atomic E-state index is 13.3. The van der Waals surface area contributed by atoms with Crippen LogP contribution in [-0.2, 0) is 10.7 Å². The Morgan fingerprint density at radius 1 is 1.08 bits per heavy atom. The average Bonchev–Trinajstić information content (AvgIpc) is 3.66. The summed E-state index contributed by atoms with van der Waals surface area (Å²) in [5, 5.41) is 5.73. The highest BCUT2D eigenvalue weighted by Crippen LogP contribution is 2.53. The summed E-state index contributed by atoms with van der Waals surface area (Å²) in [6.07, 6.45) is 14.6. The molecule has 2 aliphatic carbocycles. The average molecular weight is 545 g/mol. The Kier molecular flexibility index (Phi) is 15.3. The monoisotopic (exact) mass is 544 g/mol. The Hall–Kier alpha value is -2.43. The molecule has 39 heavy (non-hydrogen) atoms. The van der Waals surface area contributed by atoms with Crippen LogP contribution in [0.4, 0.5) is 14.5 Å². The van der Waals surface area contributed by atoms with Crippen LogP contribution in [0.15, 0.2) is 60.3 Å². The summed E-state index contributed by atoms with van der Waals surface area (Å²) in [6.45, 7) is 20.0. The molecule has 0 bridgehead atoms. The largest absolute Gasteiger partial charge is 0.380 e. The van der Waals surface area contributed by atoms with Crippen molar-refractivity contribution in [1.29, 1.82) is 0 Å². The Bertz CT molecular complexity index is 929. The number of carbonyl (C=O) groups excluding carboxylic acids is 1. The number of hydrogen-bond acceptors (Lipinski definition) is 2. The molecule has 5 heteroatoms. The molecule has 3 nitrogen and oxygen atoms in total. The van der Waals surface area contributed by atoms with Gasteiger partial charge in [0.25, 0.3) is 5.92 Å². The first-order chi connectivity index (χ1) is 18.5. The molecule has 1 amide bonds. The quantitative estimate of drug-likeness (QED) is 0.288. The number of hydrogen-bond donors (Lipinski definition) is 2. The van der Waals surface area contributed by atoms with E-state index >= 15 is 0 Å². The van der Waals surface area contributed by atoms with Gasteiger partial charge in [0.15, 0.2) is 0 Å². The summed E-state index contributed by atoms with van der Waals surface area (Å²) in [7, 11) is 0. The molecule has 1 aromatic carbocycles. The van der Waals surface area contributed by atoms with Gasteiger partial charge in [-0.25, -0.2) is 8.78 Å². The van der Waals surface area contributed by atoms with Crippen molar-refractivity contribution >= 4 is 11.6 Å². The van der Waals surface area contributed by atoms with E-state index in [1.165, 1.54) is 43.9 Å². The van der Waals surface area contributed by atoms with Gasteiger partial charge in [-0.05, 0) is 68.1 Å². The van der Waals surface area contributed by atoms with E-state index in [1.54, 1.807) is 11.6 Å². The summed E-state index contributed by atoms with van der Waals surface area (Å²) >= 11 is 0. The number of nitrogens with one attached hydrogen (secondary N) is 2. The van der Waals surface area contributed by atoms with Gasteiger partial charge in [-0.2, -0.15) is 0 Å². The van der Waals surface area contributed by atoms with Crippen LogP contribution in [0.3, 0.4) is 0 Å². The molecule has 2 aliphatic rings. The van der Waals surface area contributed by atoms with Crippen LogP contribution < -0.4 is 10.6 Å². The molecule has 2 unspecified atom stereocenters. The van der Waals surface area contributed by atoms with E-state index in [0.29, 0.717) is 23.4 Å². The molecule has 3 rings (SSSR count). The van der Waals surface area contributed by atoms with E-state index in [-0.39, 0.29) is 18.0 Å². The molecule has 0 spiro atoms. The highest BCUT2D eigenvalue weighted by Gasteiger charge is 2.48. The second-order valence-corrected chi connectivity index (χ2v) is 10.8. The Morgan fingerprint density at radius 2 is 1.67 bits per heavy atom. The van der Waals surface area contributed by atoms with E-state index in [0.717, 1.165) is 37.3 Å². The number of carbonyl (C=O) groups is 1. The van der Waals surface area contributed by atoms with Crippen LogP contribution in [-0.4, -0.2) is 12.5 Å². The van der Waals surface area contributed by atoms with Crippen LogP contribution in [0.25, 0.3) is 0 Å². The summed E-state index contributed by atoms with van der Waals surface area (Å²) in [6, 6.07) is 5.76. The van der Waals surface area contributed by atoms with Crippen LogP contribution in [0, 0.1) is 29.6 Å². The highest BCUT2D eigenvalue weighted by atomic mass is 19.3. The van der Waals surface area contributed by atoms with Gasteiger partial charge in [0.05, 0.1) is 6.54 Å². The normalized spacial score (nSPS) is 24.6. The van der Waals surface area contributed by atoms with Gasteiger partial charge in [0.2, 0.25) is 5.91 Å². The van der Waals surface area contributed by atoms with Crippen molar-refractivity contribution in [3.8, 4) is 0 Å². The second-order valence-electron chi connectivity index (χ2n) is 10.8. The van der Waals surface area contributed by atoms with Crippen LogP contribution >= 0.6 is 0 Å². The van der Waals surface area contributed by atoms with E-state index in [9.17, 15) is 13.6 Å². The van der Waals surface area contributed by atoms with Gasteiger partial charge in [0, 0.05) is 29.8 Å². The van der Waals surface area contributed by atoms with E-state index in [1.807, 2.05) is 13.8 Å². The molecule has 2 N–H and O–H groups in total. The van der Waals surface area contributed by atoms with Crippen molar-refractivity contribution in [2.75, 3.05) is 11.9 Å². The zero-order chi connectivity index (χ0) is 29.6. The number of halogens is 2.